The van der Waals surface area contributed by atoms with Crippen molar-refractivity contribution >= 4 is 18.4 Å². The van der Waals surface area contributed by atoms with Crippen LogP contribution in [0.2, 0.25) is 0 Å². The van der Waals surface area contributed by atoms with Crippen molar-refractivity contribution in [2.75, 3.05) is 6.54 Å². The van der Waals surface area contributed by atoms with Gasteiger partial charge in [0.05, 0.1) is 12.1 Å². The van der Waals surface area contributed by atoms with Crippen LogP contribution in [0.5, 0.6) is 0 Å². The summed E-state index contributed by atoms with van der Waals surface area (Å²) in [6, 6.07) is 0. The Labute approximate surface area is 105 Å². The molecule has 1 aliphatic heterocycles. The van der Waals surface area contributed by atoms with Gasteiger partial charge in [-0.1, -0.05) is 0 Å². The summed E-state index contributed by atoms with van der Waals surface area (Å²) in [6.07, 6.45) is -0.955. The number of nitrogens with one attached hydrogen (secondary N) is 2. The first-order valence-electron chi connectivity index (χ1n) is 5.50. The van der Waals surface area contributed by atoms with Gasteiger partial charge >= 0.3 is 6.09 Å². The highest BCUT2D eigenvalue weighted by molar-refractivity contribution is 5.83. The van der Waals surface area contributed by atoms with Crippen molar-refractivity contribution in [1.29, 1.82) is 0 Å². The summed E-state index contributed by atoms with van der Waals surface area (Å²) in [5.74, 6) is -0.987. The van der Waals surface area contributed by atoms with Crippen molar-refractivity contribution < 1.29 is 19.1 Å². The number of hydrogen-bond donors (Lipinski definition) is 3. The van der Waals surface area contributed by atoms with Crippen LogP contribution < -0.4 is 16.6 Å². The van der Waals surface area contributed by atoms with Crippen LogP contribution in [0.1, 0.15) is 20.8 Å². The first-order valence-corrected chi connectivity index (χ1v) is 5.50. The number of ether oxygens (including phenoxy) is 1. The van der Waals surface area contributed by atoms with E-state index in [-0.39, 0.29) is 6.54 Å². The molecule has 1 saturated heterocycles. The van der Waals surface area contributed by atoms with Crippen LogP contribution in [0.3, 0.4) is 0 Å². The Morgan fingerprint density at radius 2 is 2.06 bits per heavy atom. The fourth-order valence-electron chi connectivity index (χ4n) is 1.47. The SMILES string of the molecule is CC(C)(C)OC(=O)N1C[C@H](C(=O)NNC=O)[C@H]1N. The average molecular weight is 258 g/mol. The molecule has 8 nitrogen and oxygen atoms in total. The predicted octanol–water partition coefficient (Wildman–Crippen LogP) is -1.08. The van der Waals surface area contributed by atoms with E-state index in [9.17, 15) is 14.4 Å². The molecule has 1 rings (SSSR count). The molecule has 3 amide bonds. The second-order valence-electron chi connectivity index (χ2n) is 4.98. The summed E-state index contributed by atoms with van der Waals surface area (Å²) in [6.45, 7) is 5.40. The van der Waals surface area contributed by atoms with Gasteiger partial charge in [0, 0.05) is 6.54 Å². The third-order valence-electron chi connectivity index (χ3n) is 2.38. The van der Waals surface area contributed by atoms with E-state index in [4.69, 9.17) is 10.5 Å². The van der Waals surface area contributed by atoms with Crippen molar-refractivity contribution in [3.8, 4) is 0 Å². The lowest BCUT2D eigenvalue weighted by Crippen LogP contribution is -2.68. The number of rotatable bonds is 3. The number of carbonyl (C=O) groups is 3. The zero-order valence-electron chi connectivity index (χ0n) is 10.6. The minimum Gasteiger partial charge on any atom is -0.444 e. The van der Waals surface area contributed by atoms with Crippen LogP contribution in [0.15, 0.2) is 0 Å². The van der Waals surface area contributed by atoms with E-state index >= 15 is 0 Å². The smallest absolute Gasteiger partial charge is 0.411 e. The zero-order valence-corrected chi connectivity index (χ0v) is 10.6. The maximum atomic E-state index is 11.7. The zero-order chi connectivity index (χ0) is 13.9. The highest BCUT2D eigenvalue weighted by atomic mass is 16.6. The molecule has 0 aromatic carbocycles. The van der Waals surface area contributed by atoms with Crippen LogP contribution >= 0.6 is 0 Å². The number of nitrogens with zero attached hydrogens (tertiary/aromatic N) is 1. The van der Waals surface area contributed by atoms with E-state index in [1.54, 1.807) is 20.8 Å². The predicted molar refractivity (Wildman–Crippen MR) is 61.7 cm³/mol. The Kier molecular flexibility index (Phi) is 4.12. The number of hydrogen-bond acceptors (Lipinski definition) is 5. The Morgan fingerprint density at radius 3 is 2.50 bits per heavy atom. The van der Waals surface area contributed by atoms with E-state index in [1.807, 2.05) is 5.43 Å². The Bertz CT molecular complexity index is 352. The lowest BCUT2D eigenvalue weighted by atomic mass is 9.95. The molecule has 0 aliphatic carbocycles. The molecule has 1 heterocycles. The van der Waals surface area contributed by atoms with Crippen molar-refractivity contribution in [1.82, 2.24) is 15.8 Å². The second kappa shape index (κ2) is 5.21. The number of hydrazine groups is 1. The van der Waals surface area contributed by atoms with E-state index in [1.165, 1.54) is 4.90 Å². The molecule has 1 aliphatic rings. The summed E-state index contributed by atoms with van der Waals surface area (Å²) in [7, 11) is 0. The summed E-state index contributed by atoms with van der Waals surface area (Å²) in [4.78, 5) is 34.4. The summed E-state index contributed by atoms with van der Waals surface area (Å²) < 4.78 is 5.12. The molecule has 8 heteroatoms. The third-order valence-corrected chi connectivity index (χ3v) is 2.38. The molecule has 0 bridgehead atoms. The van der Waals surface area contributed by atoms with Crippen molar-refractivity contribution in [2.45, 2.75) is 32.5 Å². The molecule has 4 N–H and O–H groups in total. The monoisotopic (exact) mass is 258 g/mol. The van der Waals surface area contributed by atoms with Gasteiger partial charge in [0.1, 0.15) is 5.60 Å². The lowest BCUT2D eigenvalue weighted by Gasteiger charge is -2.44. The van der Waals surface area contributed by atoms with Gasteiger partial charge in [-0.05, 0) is 20.8 Å². The largest absolute Gasteiger partial charge is 0.444 e. The molecule has 0 spiro atoms. The number of carbonyl (C=O) groups excluding carboxylic acids is 3. The standard InChI is InChI=1S/C10H18N4O4/c1-10(2,3)18-9(17)14-4-6(7(14)11)8(16)13-12-5-15/h5-7H,4,11H2,1-3H3,(H,12,15)(H,13,16)/t6-,7-/m0/s1. The fraction of sp³-hybridized carbons (Fsp3) is 0.700. The first-order chi connectivity index (χ1) is 8.26. The molecule has 1 fully saturated rings. The van der Waals surface area contributed by atoms with Gasteiger partial charge in [0.15, 0.2) is 0 Å². The van der Waals surface area contributed by atoms with E-state index in [0.717, 1.165) is 0 Å². The molecule has 0 radical (unpaired) electrons. The van der Waals surface area contributed by atoms with E-state index < -0.39 is 29.7 Å². The molecule has 18 heavy (non-hydrogen) atoms. The lowest BCUT2D eigenvalue weighted by molar-refractivity contribution is -0.136. The quantitative estimate of drug-likeness (QED) is 0.440. The third kappa shape index (κ3) is 3.33. The molecule has 0 aromatic heterocycles. The van der Waals surface area contributed by atoms with Gasteiger partial charge in [-0.25, -0.2) is 4.79 Å². The van der Waals surface area contributed by atoms with Gasteiger partial charge in [-0.15, -0.1) is 0 Å². The first kappa shape index (κ1) is 14.2. The van der Waals surface area contributed by atoms with Crippen molar-refractivity contribution in [3.63, 3.8) is 0 Å². The van der Waals surface area contributed by atoms with Gasteiger partial charge in [0.25, 0.3) is 0 Å². The Balaban J connectivity index is 2.45. The summed E-state index contributed by atoms with van der Waals surface area (Å²) in [5, 5.41) is 0. The molecule has 2 atom stereocenters. The minimum atomic E-state index is -0.742. The van der Waals surface area contributed by atoms with Crippen LogP contribution in [-0.2, 0) is 14.3 Å². The molecule has 0 unspecified atom stereocenters. The number of likely N-dealkylation sites (tertiary alicyclic amines) is 1. The summed E-state index contributed by atoms with van der Waals surface area (Å²) in [5.41, 5.74) is 9.29. The highest BCUT2D eigenvalue weighted by Crippen LogP contribution is 2.23. The van der Waals surface area contributed by atoms with Crippen LogP contribution in [0.25, 0.3) is 0 Å². The molecular weight excluding hydrogens is 240 g/mol. The number of nitrogens with two attached hydrogens (primary N) is 1. The van der Waals surface area contributed by atoms with Gasteiger partial charge < -0.3 is 10.5 Å². The van der Waals surface area contributed by atoms with Crippen molar-refractivity contribution in [2.24, 2.45) is 11.7 Å². The molecule has 0 saturated carbocycles. The second-order valence-corrected chi connectivity index (χ2v) is 4.98. The Morgan fingerprint density at radius 1 is 1.44 bits per heavy atom. The van der Waals surface area contributed by atoms with Crippen LogP contribution in [0, 0.1) is 5.92 Å². The minimum absolute atomic E-state index is 0.169. The van der Waals surface area contributed by atoms with E-state index in [0.29, 0.717) is 6.41 Å². The molecule has 102 valence electrons. The molecule has 0 aromatic rings. The van der Waals surface area contributed by atoms with Crippen LogP contribution in [-0.4, -0.2) is 41.6 Å². The number of amides is 3. The van der Waals surface area contributed by atoms with Gasteiger partial charge in [-0.2, -0.15) is 0 Å². The van der Waals surface area contributed by atoms with Crippen LogP contribution in [0.4, 0.5) is 4.79 Å². The normalized spacial score (nSPS) is 22.8. The average Bonchev–Trinajstić information content (AvgIpc) is 2.21. The Hall–Kier alpha value is -1.83. The van der Waals surface area contributed by atoms with Crippen molar-refractivity contribution in [3.05, 3.63) is 0 Å². The molecular formula is C10H18N4O4. The van der Waals surface area contributed by atoms with E-state index in [2.05, 4.69) is 5.43 Å². The highest BCUT2D eigenvalue weighted by Gasteiger charge is 2.45. The maximum Gasteiger partial charge on any atom is 0.411 e. The maximum absolute atomic E-state index is 11.7. The summed E-state index contributed by atoms with van der Waals surface area (Å²) >= 11 is 0. The van der Waals surface area contributed by atoms with Gasteiger partial charge in [0.2, 0.25) is 12.3 Å². The topological polar surface area (TPSA) is 114 Å². The fourth-order valence-corrected chi connectivity index (χ4v) is 1.47. The van der Waals surface area contributed by atoms with Gasteiger partial charge in [-0.3, -0.25) is 25.3 Å².